The minimum atomic E-state index is -0.168. The summed E-state index contributed by atoms with van der Waals surface area (Å²) in [6.45, 7) is 3.74. The van der Waals surface area contributed by atoms with Gasteiger partial charge in [-0.2, -0.15) is 5.10 Å². The summed E-state index contributed by atoms with van der Waals surface area (Å²) in [7, 11) is 1.62. The number of hydrogen-bond donors (Lipinski definition) is 0. The highest BCUT2D eigenvalue weighted by Crippen LogP contribution is 2.34. The normalized spacial score (nSPS) is 21.1. The molecule has 0 saturated carbocycles. The van der Waals surface area contributed by atoms with Crippen LogP contribution in [0.5, 0.6) is 0 Å². The van der Waals surface area contributed by atoms with E-state index in [1.807, 2.05) is 34.4 Å². The minimum Gasteiger partial charge on any atom is -0.334 e. The van der Waals surface area contributed by atoms with Crippen molar-refractivity contribution in [3.63, 3.8) is 0 Å². The maximum Gasteiger partial charge on any atom is 0.275 e. The Morgan fingerprint density at radius 1 is 1.06 bits per heavy atom. The molecule has 4 heterocycles. The molecule has 174 valence electrons. The van der Waals surface area contributed by atoms with Crippen molar-refractivity contribution in [3.8, 4) is 0 Å². The molecule has 2 aromatic heterocycles. The molecule has 0 aliphatic carbocycles. The summed E-state index contributed by atoms with van der Waals surface area (Å²) >= 11 is 1.88. The van der Waals surface area contributed by atoms with E-state index in [4.69, 9.17) is 0 Å². The van der Waals surface area contributed by atoms with Gasteiger partial charge in [-0.25, -0.2) is 4.68 Å². The van der Waals surface area contributed by atoms with Crippen LogP contribution in [0.15, 0.2) is 59.4 Å². The molecule has 0 unspecified atom stereocenters. The predicted molar refractivity (Wildman–Crippen MR) is 136 cm³/mol. The first-order chi connectivity index (χ1) is 16.6. The molecular weight excluding hydrogens is 444 g/mol. The average molecular weight is 473 g/mol. The molecule has 2 saturated heterocycles. The Morgan fingerprint density at radius 3 is 2.71 bits per heavy atom. The van der Waals surface area contributed by atoms with E-state index in [9.17, 15) is 9.59 Å². The SMILES string of the molecule is Cn1nc(C(=O)N2CCC[C@@H]3CN(Cc4cc5ccccc5s4)CC[C@@H]32)c2ccccc2c1=O. The minimum absolute atomic E-state index is 0.0422. The monoisotopic (exact) mass is 472 g/mol. The van der Waals surface area contributed by atoms with Gasteiger partial charge in [-0.15, -0.1) is 11.3 Å². The molecule has 6 rings (SSSR count). The van der Waals surface area contributed by atoms with Crippen LogP contribution in [0.25, 0.3) is 20.9 Å². The third-order valence-electron chi connectivity index (χ3n) is 7.43. The molecule has 7 heteroatoms. The standard InChI is InChI=1S/C27H28N4O2S/c1-29-26(32)22-10-4-3-9-21(22)25(28-29)27(33)31-13-6-8-19-16-30(14-12-23(19)31)17-20-15-18-7-2-5-11-24(18)34-20/h2-5,7,9-11,15,19,23H,6,8,12-14,16-17H2,1H3/t19-,23+/m1/s1. The largest absolute Gasteiger partial charge is 0.334 e. The van der Waals surface area contributed by atoms with Crippen molar-refractivity contribution in [1.29, 1.82) is 0 Å². The fourth-order valence-electron chi connectivity index (χ4n) is 5.80. The van der Waals surface area contributed by atoms with Crippen molar-refractivity contribution in [2.75, 3.05) is 19.6 Å². The van der Waals surface area contributed by atoms with Crippen LogP contribution in [-0.4, -0.2) is 51.2 Å². The van der Waals surface area contributed by atoms with Gasteiger partial charge >= 0.3 is 0 Å². The maximum atomic E-state index is 13.7. The van der Waals surface area contributed by atoms with Gasteiger partial charge in [0.2, 0.25) is 0 Å². The zero-order valence-electron chi connectivity index (χ0n) is 19.3. The number of amides is 1. The highest BCUT2D eigenvalue weighted by atomic mass is 32.1. The van der Waals surface area contributed by atoms with E-state index in [1.165, 1.54) is 19.6 Å². The lowest BCUT2D eigenvalue weighted by Crippen LogP contribution is -2.55. The Labute approximate surface area is 202 Å². The van der Waals surface area contributed by atoms with Gasteiger partial charge in [0, 0.05) is 54.2 Å². The smallest absolute Gasteiger partial charge is 0.275 e. The molecule has 0 bridgehead atoms. The molecule has 0 N–H and O–H groups in total. The molecule has 2 aliphatic rings. The number of benzene rings is 2. The number of fused-ring (bicyclic) bond motifs is 3. The van der Waals surface area contributed by atoms with Crippen LogP contribution in [0.3, 0.4) is 0 Å². The Kier molecular flexibility index (Phi) is 5.46. The van der Waals surface area contributed by atoms with Crippen LogP contribution in [0.4, 0.5) is 0 Å². The zero-order chi connectivity index (χ0) is 23.2. The molecule has 2 atom stereocenters. The van der Waals surface area contributed by atoms with Crippen molar-refractivity contribution in [3.05, 3.63) is 75.5 Å². The molecule has 0 radical (unpaired) electrons. The van der Waals surface area contributed by atoms with Crippen molar-refractivity contribution in [2.24, 2.45) is 13.0 Å². The maximum absolute atomic E-state index is 13.7. The number of aryl methyl sites for hydroxylation is 1. The quantitative estimate of drug-likeness (QED) is 0.447. The Hall–Kier alpha value is -3.03. The molecule has 4 aromatic rings. The molecule has 0 spiro atoms. The van der Waals surface area contributed by atoms with E-state index in [2.05, 4.69) is 40.3 Å². The van der Waals surface area contributed by atoms with E-state index >= 15 is 0 Å². The van der Waals surface area contributed by atoms with Crippen LogP contribution in [0, 0.1) is 5.92 Å². The number of nitrogens with zero attached hydrogens (tertiary/aromatic N) is 4. The molecule has 2 aromatic carbocycles. The van der Waals surface area contributed by atoms with Gasteiger partial charge < -0.3 is 4.90 Å². The summed E-state index contributed by atoms with van der Waals surface area (Å²) in [5, 5.41) is 6.94. The van der Waals surface area contributed by atoms with Gasteiger partial charge in [0.05, 0.1) is 5.39 Å². The summed E-state index contributed by atoms with van der Waals surface area (Å²) in [6.07, 6.45) is 3.14. The highest BCUT2D eigenvalue weighted by molar-refractivity contribution is 7.19. The van der Waals surface area contributed by atoms with Crippen LogP contribution < -0.4 is 5.56 Å². The third kappa shape index (κ3) is 3.73. The van der Waals surface area contributed by atoms with Gasteiger partial charge in [-0.1, -0.05) is 36.4 Å². The van der Waals surface area contributed by atoms with Crippen molar-refractivity contribution in [1.82, 2.24) is 19.6 Å². The first kappa shape index (κ1) is 21.5. The third-order valence-corrected chi connectivity index (χ3v) is 8.53. The topological polar surface area (TPSA) is 58.4 Å². The van der Waals surface area contributed by atoms with Gasteiger partial charge in [-0.05, 0) is 48.8 Å². The highest BCUT2D eigenvalue weighted by Gasteiger charge is 2.39. The Morgan fingerprint density at radius 2 is 1.85 bits per heavy atom. The van der Waals surface area contributed by atoms with Crippen LogP contribution >= 0.6 is 11.3 Å². The summed E-state index contributed by atoms with van der Waals surface area (Å²) in [4.78, 5) is 32.3. The number of carbonyl (C=O) groups is 1. The lowest BCUT2D eigenvalue weighted by atomic mass is 9.83. The van der Waals surface area contributed by atoms with Gasteiger partial charge in [0.1, 0.15) is 0 Å². The molecular formula is C27H28N4O2S. The molecule has 34 heavy (non-hydrogen) atoms. The molecule has 2 aliphatic heterocycles. The number of likely N-dealkylation sites (tertiary alicyclic amines) is 2. The first-order valence-corrected chi connectivity index (χ1v) is 12.9. The zero-order valence-corrected chi connectivity index (χ0v) is 20.1. The van der Waals surface area contributed by atoms with Crippen LogP contribution in [-0.2, 0) is 13.6 Å². The summed E-state index contributed by atoms with van der Waals surface area (Å²) < 4.78 is 2.64. The second kappa shape index (κ2) is 8.64. The van der Waals surface area contributed by atoms with Crippen LogP contribution in [0.2, 0.25) is 0 Å². The van der Waals surface area contributed by atoms with Crippen molar-refractivity contribution >= 4 is 38.1 Å². The first-order valence-electron chi connectivity index (χ1n) is 12.1. The lowest BCUT2D eigenvalue weighted by Gasteiger charge is -2.47. The number of aromatic nitrogens is 2. The fourth-order valence-corrected chi connectivity index (χ4v) is 6.91. The van der Waals surface area contributed by atoms with Gasteiger partial charge in [0.25, 0.3) is 11.5 Å². The molecule has 2 fully saturated rings. The predicted octanol–water partition coefficient (Wildman–Crippen LogP) is 4.27. The second-order valence-corrected chi connectivity index (χ2v) is 10.7. The van der Waals surface area contributed by atoms with Gasteiger partial charge in [0.15, 0.2) is 5.69 Å². The van der Waals surface area contributed by atoms with E-state index in [-0.39, 0.29) is 17.5 Å². The van der Waals surface area contributed by atoms with Crippen molar-refractivity contribution in [2.45, 2.75) is 31.8 Å². The number of carbonyl (C=O) groups excluding carboxylic acids is 1. The van der Waals surface area contributed by atoms with E-state index in [1.54, 1.807) is 13.1 Å². The van der Waals surface area contributed by atoms with Gasteiger partial charge in [-0.3, -0.25) is 14.5 Å². The van der Waals surface area contributed by atoms with E-state index in [0.29, 0.717) is 22.4 Å². The lowest BCUT2D eigenvalue weighted by molar-refractivity contribution is 0.0182. The summed E-state index contributed by atoms with van der Waals surface area (Å²) in [6, 6.07) is 18.4. The van der Waals surface area contributed by atoms with E-state index < -0.39 is 0 Å². The summed E-state index contributed by atoms with van der Waals surface area (Å²) in [5.41, 5.74) is 0.226. The molecule has 6 nitrogen and oxygen atoms in total. The Balaban J connectivity index is 1.22. The molecule has 1 amide bonds. The number of rotatable bonds is 3. The average Bonchev–Trinajstić information content (AvgIpc) is 3.27. The number of thiophene rings is 1. The second-order valence-electron chi connectivity index (χ2n) is 9.57. The fraction of sp³-hybridized carbons (Fsp3) is 0.370. The number of piperidine rings is 2. The van der Waals surface area contributed by atoms with Crippen LogP contribution in [0.1, 0.15) is 34.6 Å². The van der Waals surface area contributed by atoms with Crippen molar-refractivity contribution < 1.29 is 4.79 Å². The Bertz CT molecular complexity index is 1410. The van der Waals surface area contributed by atoms with E-state index in [0.717, 1.165) is 45.4 Å². The summed E-state index contributed by atoms with van der Waals surface area (Å²) in [5.74, 6) is 0.430. The number of hydrogen-bond acceptors (Lipinski definition) is 5.